The molecule has 1 rings (SSSR count). The SMILES string of the molecule is CC(Br)CCNS(=O)(=O)CCc1ccccc1. The molecule has 1 atom stereocenters. The first kappa shape index (κ1) is 14.7. The Bertz CT molecular complexity index is 417. The fraction of sp³-hybridized carbons (Fsp3) is 0.500. The minimum Gasteiger partial charge on any atom is -0.215 e. The second-order valence-corrected chi connectivity index (χ2v) is 7.51. The molecule has 0 spiro atoms. The molecule has 0 aliphatic heterocycles. The van der Waals surface area contributed by atoms with Crippen LogP contribution in [0, 0.1) is 0 Å². The zero-order valence-electron chi connectivity index (χ0n) is 9.90. The number of sulfonamides is 1. The maximum absolute atomic E-state index is 11.7. The number of aryl methyl sites for hydroxylation is 1. The maximum atomic E-state index is 11.7. The lowest BCUT2D eigenvalue weighted by atomic mass is 10.2. The molecule has 0 aromatic heterocycles. The zero-order valence-corrected chi connectivity index (χ0v) is 12.3. The third-order valence-electron chi connectivity index (χ3n) is 2.37. The number of hydrogen-bond acceptors (Lipinski definition) is 2. The van der Waals surface area contributed by atoms with Crippen molar-refractivity contribution in [3.05, 3.63) is 35.9 Å². The first-order valence-corrected chi connectivity index (χ1v) is 8.22. The van der Waals surface area contributed by atoms with E-state index in [4.69, 9.17) is 0 Å². The Kier molecular flexibility index (Phi) is 6.16. The minimum atomic E-state index is -3.15. The predicted octanol–water partition coefficient (Wildman–Crippen LogP) is 2.32. The molecule has 1 unspecified atom stereocenters. The van der Waals surface area contributed by atoms with Crippen LogP contribution in [0.25, 0.3) is 0 Å². The fourth-order valence-corrected chi connectivity index (χ4v) is 2.69. The summed E-state index contributed by atoms with van der Waals surface area (Å²) in [6.45, 7) is 2.49. The molecule has 1 aromatic carbocycles. The number of nitrogens with one attached hydrogen (secondary N) is 1. The van der Waals surface area contributed by atoms with Crippen LogP contribution in [-0.2, 0) is 16.4 Å². The van der Waals surface area contributed by atoms with E-state index < -0.39 is 10.0 Å². The van der Waals surface area contributed by atoms with Gasteiger partial charge in [0.15, 0.2) is 0 Å². The molecule has 1 aromatic rings. The highest BCUT2D eigenvalue weighted by Gasteiger charge is 2.10. The molecule has 3 nitrogen and oxygen atoms in total. The quantitative estimate of drug-likeness (QED) is 0.784. The molecule has 0 saturated carbocycles. The lowest BCUT2D eigenvalue weighted by Gasteiger charge is -2.07. The van der Waals surface area contributed by atoms with Gasteiger partial charge in [-0.3, -0.25) is 0 Å². The molecule has 0 fully saturated rings. The van der Waals surface area contributed by atoms with Crippen molar-refractivity contribution in [3.63, 3.8) is 0 Å². The lowest BCUT2D eigenvalue weighted by molar-refractivity contribution is 0.578. The Morgan fingerprint density at radius 1 is 1.29 bits per heavy atom. The molecule has 0 saturated heterocycles. The van der Waals surface area contributed by atoms with Crippen molar-refractivity contribution in [1.82, 2.24) is 4.72 Å². The van der Waals surface area contributed by atoms with E-state index in [0.717, 1.165) is 12.0 Å². The van der Waals surface area contributed by atoms with Crippen molar-refractivity contribution < 1.29 is 8.42 Å². The molecular formula is C12H18BrNO2S. The second kappa shape index (κ2) is 7.13. The fourth-order valence-electron chi connectivity index (χ4n) is 1.38. The van der Waals surface area contributed by atoms with E-state index >= 15 is 0 Å². The van der Waals surface area contributed by atoms with Crippen molar-refractivity contribution in [2.24, 2.45) is 0 Å². The van der Waals surface area contributed by atoms with Crippen molar-refractivity contribution in [2.75, 3.05) is 12.3 Å². The summed E-state index contributed by atoms with van der Waals surface area (Å²) in [4.78, 5) is 0.333. The van der Waals surface area contributed by atoms with Crippen LogP contribution < -0.4 is 4.72 Å². The third kappa shape index (κ3) is 6.81. The maximum Gasteiger partial charge on any atom is 0.211 e. The summed E-state index contributed by atoms with van der Waals surface area (Å²) in [6, 6.07) is 9.64. The van der Waals surface area contributed by atoms with E-state index in [1.54, 1.807) is 0 Å². The minimum absolute atomic E-state index is 0.147. The van der Waals surface area contributed by atoms with Gasteiger partial charge in [0.1, 0.15) is 0 Å². The molecule has 0 aliphatic rings. The van der Waals surface area contributed by atoms with Gasteiger partial charge in [-0.1, -0.05) is 53.2 Å². The van der Waals surface area contributed by atoms with Gasteiger partial charge in [0.25, 0.3) is 0 Å². The van der Waals surface area contributed by atoms with Crippen LogP contribution in [0.15, 0.2) is 30.3 Å². The Balaban J connectivity index is 2.35. The van der Waals surface area contributed by atoms with Crippen molar-refractivity contribution in [3.8, 4) is 0 Å². The molecule has 17 heavy (non-hydrogen) atoms. The van der Waals surface area contributed by atoms with Gasteiger partial charge in [-0.25, -0.2) is 13.1 Å². The van der Waals surface area contributed by atoms with Crippen LogP contribution >= 0.6 is 15.9 Å². The summed E-state index contributed by atoms with van der Waals surface area (Å²) in [5.41, 5.74) is 1.05. The number of benzene rings is 1. The van der Waals surface area contributed by atoms with Crippen molar-refractivity contribution in [1.29, 1.82) is 0 Å². The second-order valence-electron chi connectivity index (χ2n) is 4.02. The molecule has 1 N–H and O–H groups in total. The highest BCUT2D eigenvalue weighted by Crippen LogP contribution is 2.03. The van der Waals surface area contributed by atoms with E-state index in [1.165, 1.54) is 0 Å². The van der Waals surface area contributed by atoms with Crippen LogP contribution in [0.5, 0.6) is 0 Å². The van der Waals surface area contributed by atoms with Crippen molar-refractivity contribution in [2.45, 2.75) is 24.6 Å². The zero-order chi connectivity index (χ0) is 12.7. The Hall–Kier alpha value is -0.390. The number of halogens is 1. The van der Waals surface area contributed by atoms with E-state index in [0.29, 0.717) is 17.8 Å². The van der Waals surface area contributed by atoms with Gasteiger partial charge in [-0.05, 0) is 18.4 Å². The largest absolute Gasteiger partial charge is 0.215 e. The van der Waals surface area contributed by atoms with Crippen LogP contribution in [0.1, 0.15) is 18.9 Å². The van der Waals surface area contributed by atoms with Gasteiger partial charge >= 0.3 is 0 Å². The van der Waals surface area contributed by atoms with Gasteiger partial charge < -0.3 is 0 Å². The van der Waals surface area contributed by atoms with Crippen molar-refractivity contribution >= 4 is 26.0 Å². The first-order chi connectivity index (χ1) is 7.99. The summed E-state index contributed by atoms with van der Waals surface area (Å²) in [6.07, 6.45) is 1.35. The molecule has 0 radical (unpaired) electrons. The van der Waals surface area contributed by atoms with Gasteiger partial charge in [0.2, 0.25) is 10.0 Å². The lowest BCUT2D eigenvalue weighted by Crippen LogP contribution is -2.29. The van der Waals surface area contributed by atoms with E-state index in [1.807, 2.05) is 37.3 Å². The van der Waals surface area contributed by atoms with Gasteiger partial charge in [0, 0.05) is 11.4 Å². The van der Waals surface area contributed by atoms with Crippen LogP contribution in [0.4, 0.5) is 0 Å². The van der Waals surface area contributed by atoms with Gasteiger partial charge in [-0.2, -0.15) is 0 Å². The van der Waals surface area contributed by atoms with Crippen LogP contribution in [0.2, 0.25) is 0 Å². The smallest absolute Gasteiger partial charge is 0.211 e. The predicted molar refractivity (Wildman–Crippen MR) is 74.9 cm³/mol. The van der Waals surface area contributed by atoms with E-state index in [9.17, 15) is 8.42 Å². The average Bonchev–Trinajstić information content (AvgIpc) is 2.27. The third-order valence-corrected chi connectivity index (χ3v) is 4.21. The van der Waals surface area contributed by atoms with Gasteiger partial charge in [-0.15, -0.1) is 0 Å². The Morgan fingerprint density at radius 3 is 2.53 bits per heavy atom. The molecule has 0 aliphatic carbocycles. The van der Waals surface area contributed by atoms with Crippen LogP contribution in [0.3, 0.4) is 0 Å². The summed E-state index contributed by atoms with van der Waals surface area (Å²) in [5.74, 6) is 0.147. The summed E-state index contributed by atoms with van der Waals surface area (Å²) in [5, 5.41) is 0. The molecular weight excluding hydrogens is 302 g/mol. The first-order valence-electron chi connectivity index (χ1n) is 5.65. The Labute approximate surface area is 112 Å². The standard InChI is InChI=1S/C12H18BrNO2S/c1-11(13)7-9-14-17(15,16)10-8-12-5-3-2-4-6-12/h2-6,11,14H,7-10H2,1H3. The molecule has 0 heterocycles. The highest BCUT2D eigenvalue weighted by atomic mass is 79.9. The molecule has 0 amide bonds. The molecule has 96 valence electrons. The molecule has 5 heteroatoms. The molecule has 0 bridgehead atoms. The highest BCUT2D eigenvalue weighted by molar-refractivity contribution is 9.09. The van der Waals surface area contributed by atoms with Gasteiger partial charge in [0.05, 0.1) is 5.75 Å². The monoisotopic (exact) mass is 319 g/mol. The summed E-state index contributed by atoms with van der Waals surface area (Å²) >= 11 is 3.38. The number of rotatable bonds is 7. The average molecular weight is 320 g/mol. The number of hydrogen-bond donors (Lipinski definition) is 1. The summed E-state index contributed by atoms with van der Waals surface area (Å²) in [7, 11) is -3.15. The van der Waals surface area contributed by atoms with E-state index in [2.05, 4.69) is 20.7 Å². The van der Waals surface area contributed by atoms with E-state index in [-0.39, 0.29) is 5.75 Å². The topological polar surface area (TPSA) is 46.2 Å². The Morgan fingerprint density at radius 2 is 1.94 bits per heavy atom. The van der Waals surface area contributed by atoms with Crippen LogP contribution in [-0.4, -0.2) is 25.5 Å². The number of alkyl halides is 1. The normalized spacial score (nSPS) is 13.5. The summed E-state index contributed by atoms with van der Waals surface area (Å²) < 4.78 is 25.9.